The van der Waals surface area contributed by atoms with Gasteiger partial charge in [-0.15, -0.1) is 0 Å². The number of amides is 3. The van der Waals surface area contributed by atoms with E-state index in [0.717, 1.165) is 11.1 Å². The molecule has 0 unspecified atom stereocenters. The minimum atomic E-state index is -0.607. The Morgan fingerprint density at radius 2 is 1.50 bits per heavy atom. The highest BCUT2D eigenvalue weighted by Gasteiger charge is 2.16. The topological polar surface area (TPSA) is 106 Å². The monoisotopic (exact) mass is 413 g/mol. The van der Waals surface area contributed by atoms with Gasteiger partial charge < -0.3 is 9.47 Å². The molecule has 30 heavy (non-hydrogen) atoms. The zero-order valence-electron chi connectivity index (χ0n) is 17.8. The Bertz CT molecular complexity index is 897. The lowest BCUT2D eigenvalue weighted by Gasteiger charge is -2.19. The van der Waals surface area contributed by atoms with Gasteiger partial charge in [-0.05, 0) is 82.1 Å². The van der Waals surface area contributed by atoms with E-state index in [1.54, 1.807) is 32.9 Å². The van der Waals surface area contributed by atoms with Crippen molar-refractivity contribution in [2.24, 2.45) is 0 Å². The van der Waals surface area contributed by atoms with Gasteiger partial charge in [0.1, 0.15) is 11.4 Å². The molecule has 0 aliphatic rings. The average Bonchev–Trinajstić information content (AvgIpc) is 2.62. The Hall–Kier alpha value is -3.55. The standard InChI is InChI=1S/C22H27N3O5/c1-14-10-15(2)12-18(11-14)29-13-19(26)24-25-20(27)16-6-8-17(9-7-16)23-21(28)30-22(3,4)5/h6-12H,13H2,1-5H3,(H,23,28)(H,24,26)(H,25,27). The van der Waals surface area contributed by atoms with Gasteiger partial charge in [0.25, 0.3) is 11.8 Å². The van der Waals surface area contributed by atoms with E-state index in [9.17, 15) is 14.4 Å². The maximum Gasteiger partial charge on any atom is 0.412 e. The van der Waals surface area contributed by atoms with E-state index >= 15 is 0 Å². The number of anilines is 1. The fraction of sp³-hybridized carbons (Fsp3) is 0.318. The summed E-state index contributed by atoms with van der Waals surface area (Å²) in [4.78, 5) is 35.8. The summed E-state index contributed by atoms with van der Waals surface area (Å²) in [7, 11) is 0. The first-order chi connectivity index (χ1) is 14.0. The Labute approximate surface area is 175 Å². The van der Waals surface area contributed by atoms with Crippen LogP contribution < -0.4 is 20.9 Å². The second-order valence-corrected chi connectivity index (χ2v) is 7.82. The third-order valence-corrected chi connectivity index (χ3v) is 3.67. The smallest absolute Gasteiger partial charge is 0.412 e. The molecule has 0 aliphatic carbocycles. The molecule has 2 aromatic rings. The quantitative estimate of drug-likeness (QED) is 0.651. The normalized spacial score (nSPS) is 10.7. The fourth-order valence-electron chi connectivity index (χ4n) is 2.53. The van der Waals surface area contributed by atoms with E-state index in [-0.39, 0.29) is 6.61 Å². The van der Waals surface area contributed by atoms with E-state index in [1.807, 2.05) is 32.0 Å². The first-order valence-electron chi connectivity index (χ1n) is 9.42. The number of nitrogens with one attached hydrogen (secondary N) is 3. The van der Waals surface area contributed by atoms with Crippen molar-refractivity contribution in [2.45, 2.75) is 40.2 Å². The Morgan fingerprint density at radius 3 is 2.07 bits per heavy atom. The van der Waals surface area contributed by atoms with Gasteiger partial charge in [-0.2, -0.15) is 0 Å². The molecule has 0 bridgehead atoms. The van der Waals surface area contributed by atoms with Crippen LogP contribution in [0.25, 0.3) is 0 Å². The number of carbonyl (C=O) groups excluding carboxylic acids is 3. The van der Waals surface area contributed by atoms with Gasteiger partial charge in [-0.25, -0.2) is 4.79 Å². The Balaban J connectivity index is 1.80. The van der Waals surface area contributed by atoms with Crippen LogP contribution in [0.1, 0.15) is 42.3 Å². The fourth-order valence-corrected chi connectivity index (χ4v) is 2.53. The number of aryl methyl sites for hydroxylation is 2. The number of hydrogen-bond acceptors (Lipinski definition) is 5. The first kappa shape index (κ1) is 22.7. The van der Waals surface area contributed by atoms with Crippen LogP contribution in [0.3, 0.4) is 0 Å². The summed E-state index contributed by atoms with van der Waals surface area (Å²) < 4.78 is 10.6. The van der Waals surface area contributed by atoms with E-state index < -0.39 is 23.5 Å². The minimum absolute atomic E-state index is 0.234. The largest absolute Gasteiger partial charge is 0.484 e. The summed E-state index contributed by atoms with van der Waals surface area (Å²) in [5.74, 6) is -0.411. The molecule has 0 saturated carbocycles. The number of hydrazine groups is 1. The van der Waals surface area contributed by atoms with E-state index in [0.29, 0.717) is 17.0 Å². The molecule has 3 amide bonds. The van der Waals surface area contributed by atoms with Crippen molar-refractivity contribution in [1.29, 1.82) is 0 Å². The average molecular weight is 413 g/mol. The van der Waals surface area contributed by atoms with Crippen LogP contribution in [0, 0.1) is 13.8 Å². The molecule has 2 aromatic carbocycles. The van der Waals surface area contributed by atoms with E-state index in [4.69, 9.17) is 9.47 Å². The first-order valence-corrected chi connectivity index (χ1v) is 9.42. The Kier molecular flexibility index (Phi) is 7.41. The van der Waals surface area contributed by atoms with Crippen LogP contribution in [-0.4, -0.2) is 30.1 Å². The zero-order valence-corrected chi connectivity index (χ0v) is 17.8. The van der Waals surface area contributed by atoms with Crippen molar-refractivity contribution in [3.63, 3.8) is 0 Å². The highest BCUT2D eigenvalue weighted by Crippen LogP contribution is 2.16. The molecule has 0 fully saturated rings. The molecule has 160 valence electrons. The highest BCUT2D eigenvalue weighted by molar-refractivity contribution is 5.96. The van der Waals surface area contributed by atoms with Crippen LogP contribution in [-0.2, 0) is 9.53 Å². The number of benzene rings is 2. The van der Waals surface area contributed by atoms with Gasteiger partial charge in [0, 0.05) is 11.3 Å². The lowest BCUT2D eigenvalue weighted by Crippen LogP contribution is -2.43. The summed E-state index contributed by atoms with van der Waals surface area (Å²) in [5.41, 5.74) is 6.86. The molecule has 0 radical (unpaired) electrons. The minimum Gasteiger partial charge on any atom is -0.484 e. The van der Waals surface area contributed by atoms with Crippen molar-refractivity contribution >= 4 is 23.6 Å². The van der Waals surface area contributed by atoms with Crippen molar-refractivity contribution in [1.82, 2.24) is 10.9 Å². The molecule has 0 atom stereocenters. The van der Waals surface area contributed by atoms with Crippen LogP contribution in [0.5, 0.6) is 5.75 Å². The van der Waals surface area contributed by atoms with Gasteiger partial charge in [0.2, 0.25) is 0 Å². The van der Waals surface area contributed by atoms with Crippen molar-refractivity contribution in [3.05, 3.63) is 59.2 Å². The molecule has 8 nitrogen and oxygen atoms in total. The predicted octanol–water partition coefficient (Wildman–Crippen LogP) is 3.49. The lowest BCUT2D eigenvalue weighted by molar-refractivity contribution is -0.123. The lowest BCUT2D eigenvalue weighted by atomic mass is 10.1. The molecule has 3 N–H and O–H groups in total. The highest BCUT2D eigenvalue weighted by atomic mass is 16.6. The second kappa shape index (κ2) is 9.78. The number of hydrogen-bond donors (Lipinski definition) is 3. The maximum atomic E-state index is 12.2. The van der Waals surface area contributed by atoms with Crippen LogP contribution >= 0.6 is 0 Å². The summed E-state index contributed by atoms with van der Waals surface area (Å²) in [5, 5.41) is 2.58. The zero-order chi connectivity index (χ0) is 22.3. The number of ether oxygens (including phenoxy) is 2. The summed E-state index contributed by atoms with van der Waals surface area (Å²) in [6, 6.07) is 11.8. The summed E-state index contributed by atoms with van der Waals surface area (Å²) in [6.45, 7) is 8.94. The Morgan fingerprint density at radius 1 is 0.900 bits per heavy atom. The molecule has 0 saturated heterocycles. The molecule has 0 spiro atoms. The van der Waals surface area contributed by atoms with Gasteiger partial charge in [0.15, 0.2) is 6.61 Å². The summed E-state index contributed by atoms with van der Waals surface area (Å²) in [6.07, 6.45) is -0.587. The van der Waals surface area contributed by atoms with Gasteiger partial charge in [-0.3, -0.25) is 25.8 Å². The maximum absolute atomic E-state index is 12.2. The molecular weight excluding hydrogens is 386 g/mol. The van der Waals surface area contributed by atoms with Crippen LogP contribution in [0.2, 0.25) is 0 Å². The number of rotatable bonds is 5. The van der Waals surface area contributed by atoms with Crippen molar-refractivity contribution in [3.8, 4) is 5.75 Å². The SMILES string of the molecule is Cc1cc(C)cc(OCC(=O)NNC(=O)c2ccc(NC(=O)OC(C)(C)C)cc2)c1. The second-order valence-electron chi connectivity index (χ2n) is 7.82. The predicted molar refractivity (Wildman–Crippen MR) is 113 cm³/mol. The van der Waals surface area contributed by atoms with Crippen molar-refractivity contribution in [2.75, 3.05) is 11.9 Å². The molecule has 8 heteroatoms. The van der Waals surface area contributed by atoms with Crippen LogP contribution in [0.4, 0.5) is 10.5 Å². The molecule has 2 rings (SSSR count). The van der Waals surface area contributed by atoms with Gasteiger partial charge in [-0.1, -0.05) is 6.07 Å². The molecular formula is C22H27N3O5. The molecule has 0 aromatic heterocycles. The van der Waals surface area contributed by atoms with E-state index in [2.05, 4.69) is 16.2 Å². The van der Waals surface area contributed by atoms with Gasteiger partial charge in [0.05, 0.1) is 0 Å². The van der Waals surface area contributed by atoms with Gasteiger partial charge >= 0.3 is 6.09 Å². The third-order valence-electron chi connectivity index (χ3n) is 3.67. The van der Waals surface area contributed by atoms with E-state index in [1.165, 1.54) is 12.1 Å². The number of carbonyl (C=O) groups is 3. The van der Waals surface area contributed by atoms with Crippen molar-refractivity contribution < 1.29 is 23.9 Å². The third kappa shape index (κ3) is 7.83. The molecule has 0 heterocycles. The molecule has 0 aliphatic heterocycles. The van der Waals surface area contributed by atoms with Crippen LogP contribution in [0.15, 0.2) is 42.5 Å². The summed E-state index contributed by atoms with van der Waals surface area (Å²) >= 11 is 0.